The molecule has 124 valence electrons. The van der Waals surface area contributed by atoms with Gasteiger partial charge in [0.2, 0.25) is 11.8 Å². The molecule has 0 atom stereocenters. The van der Waals surface area contributed by atoms with Crippen LogP contribution < -0.4 is 0 Å². The van der Waals surface area contributed by atoms with Gasteiger partial charge in [-0.15, -0.1) is 10.2 Å². The SMILES string of the molecule is FC(F)C(F)(F)CN1CCN(Cc2nnc(C3CC3)o2)CC1. The summed E-state index contributed by atoms with van der Waals surface area (Å²) in [4.78, 5) is 3.37. The predicted molar refractivity (Wildman–Crippen MR) is 68.9 cm³/mol. The van der Waals surface area contributed by atoms with Gasteiger partial charge in [-0.1, -0.05) is 0 Å². The lowest BCUT2D eigenvalue weighted by Crippen LogP contribution is -2.51. The van der Waals surface area contributed by atoms with Gasteiger partial charge in [-0.05, 0) is 12.8 Å². The maximum absolute atomic E-state index is 13.0. The third kappa shape index (κ3) is 3.75. The third-order valence-corrected chi connectivity index (χ3v) is 3.99. The molecule has 1 aromatic heterocycles. The first kappa shape index (κ1) is 15.7. The van der Waals surface area contributed by atoms with Crippen molar-refractivity contribution in [3.8, 4) is 0 Å². The highest BCUT2D eigenvalue weighted by Gasteiger charge is 2.42. The van der Waals surface area contributed by atoms with Crippen molar-refractivity contribution < 1.29 is 22.0 Å². The number of aromatic nitrogens is 2. The normalized spacial score (nSPS) is 21.7. The Kier molecular flexibility index (Phi) is 4.35. The predicted octanol–water partition coefficient (Wildman–Crippen LogP) is 1.97. The van der Waals surface area contributed by atoms with E-state index in [1.54, 1.807) is 0 Å². The van der Waals surface area contributed by atoms with E-state index in [0.717, 1.165) is 12.8 Å². The Morgan fingerprint density at radius 2 is 1.73 bits per heavy atom. The van der Waals surface area contributed by atoms with Crippen LogP contribution in [0.1, 0.15) is 30.5 Å². The molecule has 2 heterocycles. The lowest BCUT2D eigenvalue weighted by molar-refractivity contribution is -0.145. The van der Waals surface area contributed by atoms with Crippen LogP contribution >= 0.6 is 0 Å². The van der Waals surface area contributed by atoms with E-state index in [0.29, 0.717) is 50.4 Å². The summed E-state index contributed by atoms with van der Waals surface area (Å²) < 4.78 is 56.0. The molecule has 9 heteroatoms. The molecule has 0 bridgehead atoms. The monoisotopic (exact) mass is 322 g/mol. The summed E-state index contributed by atoms with van der Waals surface area (Å²) in [6.07, 6.45) is -1.46. The molecule has 0 amide bonds. The molecule has 2 aliphatic rings. The minimum Gasteiger partial charge on any atom is -0.424 e. The second-order valence-corrected chi connectivity index (χ2v) is 5.92. The van der Waals surface area contributed by atoms with Crippen molar-refractivity contribution in [1.82, 2.24) is 20.0 Å². The van der Waals surface area contributed by atoms with Crippen molar-refractivity contribution in [2.45, 2.75) is 37.7 Å². The summed E-state index contributed by atoms with van der Waals surface area (Å²) in [6.45, 7) is 1.25. The van der Waals surface area contributed by atoms with Crippen molar-refractivity contribution in [1.29, 1.82) is 0 Å². The molecule has 1 aliphatic heterocycles. The fourth-order valence-electron chi connectivity index (χ4n) is 2.49. The molecule has 0 aromatic carbocycles. The number of alkyl halides is 4. The van der Waals surface area contributed by atoms with Gasteiger partial charge in [0, 0.05) is 32.1 Å². The van der Waals surface area contributed by atoms with Crippen LogP contribution in [0, 0.1) is 0 Å². The number of halogens is 4. The molecule has 0 radical (unpaired) electrons. The zero-order valence-electron chi connectivity index (χ0n) is 12.0. The van der Waals surface area contributed by atoms with E-state index in [9.17, 15) is 17.6 Å². The average molecular weight is 322 g/mol. The zero-order valence-corrected chi connectivity index (χ0v) is 12.0. The van der Waals surface area contributed by atoms with Gasteiger partial charge in [0.25, 0.3) is 0 Å². The third-order valence-electron chi connectivity index (χ3n) is 3.99. The van der Waals surface area contributed by atoms with E-state index in [1.165, 1.54) is 4.90 Å². The molecule has 1 saturated carbocycles. The Bertz CT molecular complexity index is 498. The number of hydrogen-bond acceptors (Lipinski definition) is 5. The van der Waals surface area contributed by atoms with Gasteiger partial charge in [0.15, 0.2) is 0 Å². The van der Waals surface area contributed by atoms with Crippen LogP contribution in [0.25, 0.3) is 0 Å². The van der Waals surface area contributed by atoms with Crippen LogP contribution in [0.5, 0.6) is 0 Å². The summed E-state index contributed by atoms with van der Waals surface area (Å²) in [5.74, 6) is -2.36. The molecule has 2 fully saturated rings. The molecule has 3 rings (SSSR count). The van der Waals surface area contributed by atoms with Crippen LogP contribution in [0.2, 0.25) is 0 Å². The summed E-state index contributed by atoms with van der Waals surface area (Å²) in [6, 6.07) is 0. The number of hydrogen-bond donors (Lipinski definition) is 0. The highest BCUT2D eigenvalue weighted by Crippen LogP contribution is 2.39. The number of nitrogens with zero attached hydrogens (tertiary/aromatic N) is 4. The fourth-order valence-corrected chi connectivity index (χ4v) is 2.49. The molecule has 1 saturated heterocycles. The van der Waals surface area contributed by atoms with Crippen molar-refractivity contribution >= 4 is 0 Å². The summed E-state index contributed by atoms with van der Waals surface area (Å²) in [5.41, 5.74) is 0. The molecule has 1 aliphatic carbocycles. The van der Waals surface area contributed by atoms with E-state index >= 15 is 0 Å². The lowest BCUT2D eigenvalue weighted by Gasteiger charge is -2.35. The average Bonchev–Trinajstić information content (AvgIpc) is 3.21. The Labute approximate surface area is 125 Å². The minimum atomic E-state index is -3.95. The Balaban J connectivity index is 1.45. The van der Waals surface area contributed by atoms with Gasteiger partial charge in [-0.3, -0.25) is 9.80 Å². The first-order valence-electron chi connectivity index (χ1n) is 7.37. The number of piperazine rings is 1. The van der Waals surface area contributed by atoms with Gasteiger partial charge >= 0.3 is 12.3 Å². The van der Waals surface area contributed by atoms with Crippen LogP contribution in [0.3, 0.4) is 0 Å². The van der Waals surface area contributed by atoms with E-state index in [4.69, 9.17) is 4.42 Å². The first-order chi connectivity index (χ1) is 10.4. The van der Waals surface area contributed by atoms with Gasteiger partial charge in [0.1, 0.15) is 0 Å². The van der Waals surface area contributed by atoms with Crippen LogP contribution in [-0.2, 0) is 6.54 Å². The van der Waals surface area contributed by atoms with Crippen molar-refractivity contribution in [3.05, 3.63) is 11.8 Å². The zero-order chi connectivity index (χ0) is 15.7. The lowest BCUT2D eigenvalue weighted by atomic mass is 10.2. The molecule has 22 heavy (non-hydrogen) atoms. The highest BCUT2D eigenvalue weighted by atomic mass is 19.3. The molecular formula is C13H18F4N4O. The number of rotatable bonds is 6. The Hall–Kier alpha value is -1.22. The van der Waals surface area contributed by atoms with Crippen LogP contribution in [0.15, 0.2) is 4.42 Å². The standard InChI is InChI=1S/C13H18F4N4O/c14-12(15)13(16,17)8-21-5-3-20(4-6-21)7-10-18-19-11(22-10)9-1-2-9/h9,12H,1-8H2. The highest BCUT2D eigenvalue weighted by molar-refractivity contribution is 5.00. The first-order valence-corrected chi connectivity index (χ1v) is 7.37. The maximum Gasteiger partial charge on any atom is 0.319 e. The molecule has 0 spiro atoms. The maximum atomic E-state index is 13.0. The summed E-state index contributed by atoms with van der Waals surface area (Å²) >= 11 is 0. The Morgan fingerprint density at radius 1 is 1.09 bits per heavy atom. The van der Waals surface area contributed by atoms with E-state index in [2.05, 4.69) is 10.2 Å². The fraction of sp³-hybridized carbons (Fsp3) is 0.846. The van der Waals surface area contributed by atoms with Gasteiger partial charge < -0.3 is 4.42 Å². The van der Waals surface area contributed by atoms with Crippen molar-refractivity contribution in [2.24, 2.45) is 0 Å². The van der Waals surface area contributed by atoms with Crippen molar-refractivity contribution in [3.63, 3.8) is 0 Å². The van der Waals surface area contributed by atoms with Crippen LogP contribution in [0.4, 0.5) is 17.6 Å². The summed E-state index contributed by atoms with van der Waals surface area (Å²) in [5, 5.41) is 7.97. The largest absolute Gasteiger partial charge is 0.424 e. The Morgan fingerprint density at radius 3 is 2.32 bits per heavy atom. The van der Waals surface area contributed by atoms with Crippen molar-refractivity contribution in [2.75, 3.05) is 32.7 Å². The molecular weight excluding hydrogens is 304 g/mol. The quantitative estimate of drug-likeness (QED) is 0.749. The van der Waals surface area contributed by atoms with Gasteiger partial charge in [0.05, 0.1) is 13.1 Å². The molecule has 1 aromatic rings. The van der Waals surface area contributed by atoms with Crippen LogP contribution in [-0.4, -0.2) is 65.1 Å². The van der Waals surface area contributed by atoms with Gasteiger partial charge in [-0.2, -0.15) is 8.78 Å². The van der Waals surface area contributed by atoms with E-state index < -0.39 is 18.9 Å². The van der Waals surface area contributed by atoms with Gasteiger partial charge in [-0.25, -0.2) is 8.78 Å². The van der Waals surface area contributed by atoms with E-state index in [1.807, 2.05) is 4.90 Å². The molecule has 0 unspecified atom stereocenters. The molecule has 0 N–H and O–H groups in total. The minimum absolute atomic E-state index is 0.325. The topological polar surface area (TPSA) is 45.4 Å². The second-order valence-electron chi connectivity index (χ2n) is 5.92. The van der Waals surface area contributed by atoms with E-state index in [-0.39, 0.29) is 0 Å². The summed E-state index contributed by atoms with van der Waals surface area (Å²) in [7, 11) is 0. The molecule has 5 nitrogen and oxygen atoms in total. The smallest absolute Gasteiger partial charge is 0.319 e. The second kappa shape index (κ2) is 6.11.